The lowest BCUT2D eigenvalue weighted by atomic mass is 9.95. The molecule has 2 heterocycles. The summed E-state index contributed by atoms with van der Waals surface area (Å²) in [6, 6.07) is 16.9. The molecule has 2 saturated heterocycles. The number of nitrogens with one attached hydrogen (secondary N) is 2. The Bertz CT molecular complexity index is 1400. The van der Waals surface area contributed by atoms with Gasteiger partial charge in [0.05, 0.1) is 12.9 Å². The van der Waals surface area contributed by atoms with Crippen molar-refractivity contribution in [3.8, 4) is 0 Å². The maximum absolute atomic E-state index is 13.9. The zero-order chi connectivity index (χ0) is 31.7. The van der Waals surface area contributed by atoms with Crippen molar-refractivity contribution in [2.24, 2.45) is 11.7 Å². The molecule has 0 spiro atoms. The lowest BCUT2D eigenvalue weighted by molar-refractivity contribution is -0.140. The molecule has 3 amide bonds. The first-order valence-electron chi connectivity index (χ1n) is 14.9. The number of carbonyl (C=O) groups is 3. The van der Waals surface area contributed by atoms with Crippen LogP contribution in [0, 0.1) is 11.3 Å². The highest BCUT2D eigenvalue weighted by Gasteiger charge is 2.41. The van der Waals surface area contributed by atoms with Gasteiger partial charge in [-0.05, 0) is 49.1 Å². The Hall–Kier alpha value is -3.81. The number of nitrogens with two attached hydrogens (primary N) is 1. The molecule has 0 bridgehead atoms. The Morgan fingerprint density at radius 2 is 1.61 bits per heavy atom. The standard InChI is InChI=1S/C31H42N6O6S/c1-44(41,42)37(27(19-23-9-4-2-5-10-23)30(40)36-16-8-13-26(36)29(32)39)20-24-14-17-35(18-15-24)31(33)34-28(38)22-43-21-25-11-6-3-7-12-25/h2-7,9-12,24,26-27H,8,13-22H2,1H3,(H2,32,39)(H2,33,34,38)/t26-,27+/m0/s1. The fourth-order valence-corrected chi connectivity index (χ4v) is 6.95. The second-order valence-electron chi connectivity index (χ2n) is 11.4. The summed E-state index contributed by atoms with van der Waals surface area (Å²) in [6.07, 6.45) is 3.47. The molecule has 4 rings (SSSR count). The molecule has 12 nitrogen and oxygen atoms in total. The second kappa shape index (κ2) is 15.3. The first-order valence-corrected chi connectivity index (χ1v) is 16.7. The molecule has 0 radical (unpaired) electrons. The number of piperidine rings is 1. The molecule has 0 aliphatic carbocycles. The minimum Gasteiger partial charge on any atom is -0.368 e. The fourth-order valence-electron chi connectivity index (χ4n) is 5.84. The number of sulfonamides is 1. The van der Waals surface area contributed by atoms with E-state index in [1.54, 1.807) is 4.90 Å². The van der Waals surface area contributed by atoms with Crippen LogP contribution in [0.1, 0.15) is 36.8 Å². The molecule has 0 saturated carbocycles. The number of nitrogens with zero attached hydrogens (tertiary/aromatic N) is 3. The van der Waals surface area contributed by atoms with Crippen LogP contribution in [-0.4, -0.2) is 97.3 Å². The predicted molar refractivity (Wildman–Crippen MR) is 166 cm³/mol. The normalized spacial score (nSPS) is 18.3. The number of benzene rings is 2. The predicted octanol–water partition coefficient (Wildman–Crippen LogP) is 1.32. The number of likely N-dealkylation sites (tertiary alicyclic amines) is 2. The highest BCUT2D eigenvalue weighted by molar-refractivity contribution is 7.88. The molecular weight excluding hydrogens is 584 g/mol. The Kier molecular flexibility index (Phi) is 11.5. The molecule has 2 aromatic carbocycles. The number of amides is 3. The number of hydrogen-bond donors (Lipinski definition) is 3. The molecule has 13 heteroatoms. The fraction of sp³-hybridized carbons (Fsp3) is 0.484. The average Bonchev–Trinajstić information content (AvgIpc) is 3.50. The minimum atomic E-state index is -3.83. The van der Waals surface area contributed by atoms with Gasteiger partial charge in [0.2, 0.25) is 21.8 Å². The van der Waals surface area contributed by atoms with Crippen LogP contribution >= 0.6 is 0 Å². The molecule has 2 atom stereocenters. The van der Waals surface area contributed by atoms with E-state index in [1.165, 1.54) is 9.21 Å². The van der Waals surface area contributed by atoms with E-state index < -0.39 is 39.8 Å². The number of guanidine groups is 1. The summed E-state index contributed by atoms with van der Waals surface area (Å²) in [5.74, 6) is -1.53. The summed E-state index contributed by atoms with van der Waals surface area (Å²) in [7, 11) is -3.83. The summed E-state index contributed by atoms with van der Waals surface area (Å²) in [5.41, 5.74) is 7.34. The number of hydrogen-bond acceptors (Lipinski definition) is 7. The highest BCUT2D eigenvalue weighted by atomic mass is 32.2. The van der Waals surface area contributed by atoms with Gasteiger partial charge in [0.15, 0.2) is 5.96 Å². The molecule has 0 aromatic heterocycles. The summed E-state index contributed by atoms with van der Waals surface area (Å²) >= 11 is 0. The van der Waals surface area contributed by atoms with Gasteiger partial charge in [-0.2, -0.15) is 4.31 Å². The van der Waals surface area contributed by atoms with E-state index in [0.717, 1.165) is 17.4 Å². The number of carbonyl (C=O) groups excluding carboxylic acids is 3. The van der Waals surface area contributed by atoms with Crippen LogP contribution in [0.25, 0.3) is 0 Å². The van der Waals surface area contributed by atoms with Crippen molar-refractivity contribution in [2.75, 3.05) is 39.0 Å². The van der Waals surface area contributed by atoms with E-state index in [4.69, 9.17) is 15.9 Å². The molecule has 2 aromatic rings. The molecule has 2 fully saturated rings. The van der Waals surface area contributed by atoms with Crippen LogP contribution in [0.3, 0.4) is 0 Å². The summed E-state index contributed by atoms with van der Waals surface area (Å²) in [5, 5.41) is 10.9. The Labute approximate surface area is 259 Å². The van der Waals surface area contributed by atoms with Gasteiger partial charge < -0.3 is 20.3 Å². The van der Waals surface area contributed by atoms with Gasteiger partial charge in [0, 0.05) is 26.2 Å². The quantitative estimate of drug-likeness (QED) is 0.236. The largest absolute Gasteiger partial charge is 0.368 e. The molecular formula is C31H42N6O6S. The second-order valence-corrected chi connectivity index (χ2v) is 13.4. The van der Waals surface area contributed by atoms with Crippen molar-refractivity contribution in [3.63, 3.8) is 0 Å². The maximum Gasteiger partial charge on any atom is 0.252 e. The summed E-state index contributed by atoms with van der Waals surface area (Å²) in [6.45, 7) is 1.47. The van der Waals surface area contributed by atoms with Gasteiger partial charge >= 0.3 is 0 Å². The van der Waals surface area contributed by atoms with Crippen LogP contribution in [0.5, 0.6) is 0 Å². The number of rotatable bonds is 12. The zero-order valence-electron chi connectivity index (χ0n) is 25.1. The van der Waals surface area contributed by atoms with Gasteiger partial charge in [-0.1, -0.05) is 60.7 Å². The third-order valence-electron chi connectivity index (χ3n) is 8.17. The van der Waals surface area contributed by atoms with Gasteiger partial charge in [-0.15, -0.1) is 0 Å². The minimum absolute atomic E-state index is 0.0274. The Balaban J connectivity index is 1.37. The topological polar surface area (TPSA) is 166 Å². The third-order valence-corrected chi connectivity index (χ3v) is 9.42. The molecule has 2 aliphatic heterocycles. The molecule has 2 aliphatic rings. The first kappa shape index (κ1) is 33.1. The van der Waals surface area contributed by atoms with E-state index >= 15 is 0 Å². The van der Waals surface area contributed by atoms with E-state index in [0.29, 0.717) is 51.9 Å². The lowest BCUT2D eigenvalue weighted by Crippen LogP contribution is -2.56. The third kappa shape index (κ3) is 9.10. The van der Waals surface area contributed by atoms with E-state index in [2.05, 4.69) is 5.32 Å². The van der Waals surface area contributed by atoms with Gasteiger partial charge in [0.25, 0.3) is 5.91 Å². The highest BCUT2D eigenvalue weighted by Crippen LogP contribution is 2.26. The number of ether oxygens (including phenoxy) is 1. The van der Waals surface area contributed by atoms with E-state index in [9.17, 15) is 22.8 Å². The molecule has 4 N–H and O–H groups in total. The van der Waals surface area contributed by atoms with Crippen LogP contribution in [0.4, 0.5) is 0 Å². The van der Waals surface area contributed by atoms with Crippen molar-refractivity contribution in [1.82, 2.24) is 19.4 Å². The van der Waals surface area contributed by atoms with Crippen LogP contribution in [0.2, 0.25) is 0 Å². The summed E-state index contributed by atoms with van der Waals surface area (Å²) < 4.78 is 33.1. The van der Waals surface area contributed by atoms with E-state index in [-0.39, 0.29) is 31.4 Å². The van der Waals surface area contributed by atoms with Gasteiger partial charge in [-0.25, -0.2) is 8.42 Å². The average molecular weight is 627 g/mol. The van der Waals surface area contributed by atoms with Crippen molar-refractivity contribution < 1.29 is 27.5 Å². The van der Waals surface area contributed by atoms with Crippen LogP contribution in [0.15, 0.2) is 60.7 Å². The Morgan fingerprint density at radius 1 is 1.00 bits per heavy atom. The first-order chi connectivity index (χ1) is 21.0. The van der Waals surface area contributed by atoms with Gasteiger partial charge in [0.1, 0.15) is 18.7 Å². The van der Waals surface area contributed by atoms with Crippen LogP contribution < -0.4 is 11.1 Å². The van der Waals surface area contributed by atoms with Crippen molar-refractivity contribution in [2.45, 2.75) is 50.8 Å². The van der Waals surface area contributed by atoms with Crippen molar-refractivity contribution >= 4 is 33.7 Å². The monoisotopic (exact) mass is 626 g/mol. The molecule has 238 valence electrons. The summed E-state index contributed by atoms with van der Waals surface area (Å²) in [4.78, 5) is 41.5. The van der Waals surface area contributed by atoms with Crippen molar-refractivity contribution in [3.05, 3.63) is 71.8 Å². The zero-order valence-corrected chi connectivity index (χ0v) is 25.9. The Morgan fingerprint density at radius 3 is 2.20 bits per heavy atom. The smallest absolute Gasteiger partial charge is 0.252 e. The lowest BCUT2D eigenvalue weighted by Gasteiger charge is -2.38. The SMILES string of the molecule is CS(=O)(=O)N(CC1CCN(C(=N)NC(=O)COCc2ccccc2)CC1)[C@H](Cc1ccccc1)C(=O)N1CCC[C@H]1C(N)=O. The van der Waals surface area contributed by atoms with Crippen LogP contribution in [-0.2, 0) is 42.2 Å². The molecule has 44 heavy (non-hydrogen) atoms. The van der Waals surface area contributed by atoms with E-state index in [1.807, 2.05) is 60.7 Å². The van der Waals surface area contributed by atoms with Gasteiger partial charge in [-0.3, -0.25) is 25.1 Å². The number of primary amides is 1. The van der Waals surface area contributed by atoms with Crippen molar-refractivity contribution in [1.29, 1.82) is 5.41 Å². The molecule has 0 unspecified atom stereocenters. The maximum atomic E-state index is 13.9.